The lowest BCUT2D eigenvalue weighted by Gasteiger charge is -2.02. The summed E-state index contributed by atoms with van der Waals surface area (Å²) in [5.41, 5.74) is 1.89. The van der Waals surface area contributed by atoms with E-state index in [1.54, 1.807) is 0 Å². The molecule has 0 fully saturated rings. The molecule has 1 heterocycles. The number of aromatic nitrogens is 1. The summed E-state index contributed by atoms with van der Waals surface area (Å²) < 4.78 is 0. The Morgan fingerprint density at radius 2 is 1.74 bits per heavy atom. The molecule has 0 saturated heterocycles. The third-order valence-corrected chi connectivity index (χ3v) is 4.12. The number of anilines is 1. The zero-order chi connectivity index (χ0) is 16.5. The molecule has 5 nitrogen and oxygen atoms in total. The largest absolute Gasteiger partial charge is 0.481 e. The van der Waals surface area contributed by atoms with Gasteiger partial charge in [-0.15, -0.1) is 11.3 Å². The number of benzene rings is 1. The fraction of sp³-hybridized carbons (Fsp3) is 0.353. The molecule has 0 aliphatic carbocycles. The van der Waals surface area contributed by atoms with Gasteiger partial charge in [-0.05, 0) is 12.8 Å². The standard InChI is InChI=1S/C17H20N2O3S/c20-15(10-6-1-2-7-11-16(21)22)19-17-18-14(12-23-17)13-8-4-3-5-9-13/h3-5,8-9,12H,1-2,6-7,10-11H2,(H,21,22)(H,18,19,20). The van der Waals surface area contributed by atoms with Gasteiger partial charge in [0, 0.05) is 23.8 Å². The summed E-state index contributed by atoms with van der Waals surface area (Å²) in [5.74, 6) is -0.807. The van der Waals surface area contributed by atoms with Gasteiger partial charge in [0.1, 0.15) is 0 Å². The van der Waals surface area contributed by atoms with E-state index in [1.807, 2.05) is 35.7 Å². The van der Waals surface area contributed by atoms with E-state index in [9.17, 15) is 9.59 Å². The predicted molar refractivity (Wildman–Crippen MR) is 91.5 cm³/mol. The Bertz CT molecular complexity index is 640. The molecule has 122 valence electrons. The quantitative estimate of drug-likeness (QED) is 0.675. The van der Waals surface area contributed by atoms with Crippen molar-refractivity contribution in [3.63, 3.8) is 0 Å². The highest BCUT2D eigenvalue weighted by molar-refractivity contribution is 7.14. The predicted octanol–water partition coefficient (Wildman–Crippen LogP) is 4.17. The highest BCUT2D eigenvalue weighted by Crippen LogP contribution is 2.24. The second-order valence-corrected chi connectivity index (χ2v) is 6.12. The Hall–Kier alpha value is -2.21. The second-order valence-electron chi connectivity index (χ2n) is 5.26. The van der Waals surface area contributed by atoms with Crippen molar-refractivity contribution in [3.8, 4) is 11.3 Å². The number of hydrogen-bond acceptors (Lipinski definition) is 4. The number of thiazole rings is 1. The molecule has 0 atom stereocenters. The van der Waals surface area contributed by atoms with Gasteiger partial charge in [-0.25, -0.2) is 4.98 Å². The first-order valence-electron chi connectivity index (χ1n) is 7.68. The van der Waals surface area contributed by atoms with Crippen molar-refractivity contribution < 1.29 is 14.7 Å². The Labute approximate surface area is 139 Å². The molecule has 0 saturated carbocycles. The molecule has 0 aliphatic heterocycles. The first kappa shape index (κ1) is 17.1. The number of carboxylic acid groups (broad SMARTS) is 1. The van der Waals surface area contributed by atoms with Gasteiger partial charge in [0.05, 0.1) is 5.69 Å². The molecular weight excluding hydrogens is 312 g/mol. The topological polar surface area (TPSA) is 79.3 Å². The minimum absolute atomic E-state index is 0.0443. The Morgan fingerprint density at radius 1 is 1.04 bits per heavy atom. The van der Waals surface area contributed by atoms with Crippen LogP contribution in [-0.2, 0) is 9.59 Å². The lowest BCUT2D eigenvalue weighted by atomic mass is 10.1. The smallest absolute Gasteiger partial charge is 0.303 e. The number of amides is 1. The molecule has 2 N–H and O–H groups in total. The monoisotopic (exact) mass is 332 g/mol. The minimum atomic E-state index is -0.763. The van der Waals surface area contributed by atoms with Crippen LogP contribution >= 0.6 is 11.3 Å². The first-order chi connectivity index (χ1) is 11.1. The molecule has 1 aromatic carbocycles. The number of carboxylic acids is 1. The van der Waals surface area contributed by atoms with Crippen LogP contribution in [0.2, 0.25) is 0 Å². The first-order valence-corrected chi connectivity index (χ1v) is 8.56. The average Bonchev–Trinajstić information content (AvgIpc) is 3.00. The number of aliphatic carboxylic acids is 1. The van der Waals surface area contributed by atoms with Gasteiger partial charge in [0.15, 0.2) is 5.13 Å². The third-order valence-electron chi connectivity index (χ3n) is 3.36. The third kappa shape index (κ3) is 6.20. The Kier molecular flexibility index (Phi) is 6.75. The van der Waals surface area contributed by atoms with Crippen LogP contribution < -0.4 is 5.32 Å². The maximum atomic E-state index is 11.9. The van der Waals surface area contributed by atoms with Crippen molar-refractivity contribution in [1.82, 2.24) is 4.98 Å². The SMILES string of the molecule is O=C(O)CCCCCCC(=O)Nc1nc(-c2ccccc2)cs1. The minimum Gasteiger partial charge on any atom is -0.481 e. The summed E-state index contributed by atoms with van der Waals surface area (Å²) in [4.78, 5) is 26.7. The van der Waals surface area contributed by atoms with Crippen molar-refractivity contribution in [2.45, 2.75) is 38.5 Å². The van der Waals surface area contributed by atoms with Crippen LogP contribution in [-0.4, -0.2) is 22.0 Å². The number of carbonyl (C=O) groups is 2. The highest BCUT2D eigenvalue weighted by atomic mass is 32.1. The number of nitrogens with one attached hydrogen (secondary N) is 1. The molecule has 2 rings (SSSR count). The number of nitrogens with zero attached hydrogens (tertiary/aromatic N) is 1. The maximum Gasteiger partial charge on any atom is 0.303 e. The molecule has 0 spiro atoms. The molecule has 0 bridgehead atoms. The number of hydrogen-bond donors (Lipinski definition) is 2. The van der Waals surface area contributed by atoms with Gasteiger partial charge < -0.3 is 10.4 Å². The molecule has 0 unspecified atom stereocenters. The van der Waals surface area contributed by atoms with Crippen LogP contribution in [0.5, 0.6) is 0 Å². The summed E-state index contributed by atoms with van der Waals surface area (Å²) in [6.07, 6.45) is 3.79. The van der Waals surface area contributed by atoms with E-state index in [0.29, 0.717) is 18.0 Å². The molecular formula is C17H20N2O3S. The molecule has 6 heteroatoms. The van der Waals surface area contributed by atoms with Crippen molar-refractivity contribution in [2.75, 3.05) is 5.32 Å². The summed E-state index contributed by atoms with van der Waals surface area (Å²) in [5, 5.41) is 13.9. The summed E-state index contributed by atoms with van der Waals surface area (Å²) in [7, 11) is 0. The van der Waals surface area contributed by atoms with Crippen LogP contribution in [0.1, 0.15) is 38.5 Å². The van der Waals surface area contributed by atoms with E-state index >= 15 is 0 Å². The van der Waals surface area contributed by atoms with Crippen molar-refractivity contribution in [3.05, 3.63) is 35.7 Å². The maximum absolute atomic E-state index is 11.9. The number of unbranched alkanes of at least 4 members (excludes halogenated alkanes) is 3. The van der Waals surface area contributed by atoms with Gasteiger partial charge in [-0.3, -0.25) is 9.59 Å². The number of rotatable bonds is 9. The van der Waals surface area contributed by atoms with Crippen LogP contribution in [0.25, 0.3) is 11.3 Å². The van der Waals surface area contributed by atoms with Gasteiger partial charge >= 0.3 is 5.97 Å². The van der Waals surface area contributed by atoms with Crippen LogP contribution in [0.4, 0.5) is 5.13 Å². The fourth-order valence-electron chi connectivity index (χ4n) is 2.17. The van der Waals surface area contributed by atoms with Crippen LogP contribution in [0.3, 0.4) is 0 Å². The van der Waals surface area contributed by atoms with E-state index in [4.69, 9.17) is 5.11 Å². The summed E-state index contributed by atoms with van der Waals surface area (Å²) in [6.45, 7) is 0. The Morgan fingerprint density at radius 3 is 2.43 bits per heavy atom. The van der Waals surface area contributed by atoms with Gasteiger partial charge in [0.2, 0.25) is 5.91 Å². The second kappa shape index (κ2) is 9.05. The summed E-state index contributed by atoms with van der Waals surface area (Å²) >= 11 is 1.41. The van der Waals surface area contributed by atoms with E-state index in [1.165, 1.54) is 11.3 Å². The number of carbonyl (C=O) groups excluding carboxylic acids is 1. The lowest BCUT2D eigenvalue weighted by molar-refractivity contribution is -0.137. The molecule has 23 heavy (non-hydrogen) atoms. The van der Waals surface area contributed by atoms with Crippen molar-refractivity contribution >= 4 is 28.3 Å². The zero-order valence-corrected chi connectivity index (χ0v) is 13.6. The van der Waals surface area contributed by atoms with Crippen LogP contribution in [0, 0.1) is 0 Å². The lowest BCUT2D eigenvalue weighted by Crippen LogP contribution is -2.10. The van der Waals surface area contributed by atoms with Gasteiger partial charge in [-0.2, -0.15) is 0 Å². The van der Waals surface area contributed by atoms with E-state index < -0.39 is 5.97 Å². The van der Waals surface area contributed by atoms with Crippen molar-refractivity contribution in [2.24, 2.45) is 0 Å². The molecule has 1 amide bonds. The average molecular weight is 332 g/mol. The normalized spacial score (nSPS) is 10.4. The fourth-order valence-corrected chi connectivity index (χ4v) is 2.91. The molecule has 2 aromatic rings. The van der Waals surface area contributed by atoms with E-state index in [-0.39, 0.29) is 12.3 Å². The van der Waals surface area contributed by atoms with Crippen molar-refractivity contribution in [1.29, 1.82) is 0 Å². The van der Waals surface area contributed by atoms with Gasteiger partial charge in [0.25, 0.3) is 0 Å². The van der Waals surface area contributed by atoms with Crippen LogP contribution in [0.15, 0.2) is 35.7 Å². The summed E-state index contributed by atoms with van der Waals surface area (Å²) in [6, 6.07) is 9.83. The van der Waals surface area contributed by atoms with Gasteiger partial charge in [-0.1, -0.05) is 43.2 Å². The molecule has 1 aromatic heterocycles. The Balaban J connectivity index is 1.70. The van der Waals surface area contributed by atoms with E-state index in [2.05, 4.69) is 10.3 Å². The van der Waals surface area contributed by atoms with E-state index in [0.717, 1.165) is 30.5 Å². The molecule has 0 aliphatic rings. The molecule has 0 radical (unpaired) electrons. The highest BCUT2D eigenvalue weighted by Gasteiger charge is 2.07. The zero-order valence-electron chi connectivity index (χ0n) is 12.8.